The minimum atomic E-state index is -1.19. The number of nitrogens with one attached hydrogen (secondary N) is 1. The van der Waals surface area contributed by atoms with Crippen LogP contribution in [0.1, 0.15) is 29.1 Å². The molecule has 7 heteroatoms. The van der Waals surface area contributed by atoms with E-state index in [1.54, 1.807) is 38.1 Å². The summed E-state index contributed by atoms with van der Waals surface area (Å²) in [5.74, 6) is -0.479. The maximum absolute atomic E-state index is 12.9. The Bertz CT molecular complexity index is 1040. The molecule has 0 aliphatic heterocycles. The summed E-state index contributed by atoms with van der Waals surface area (Å²) in [6, 6.07) is 16.2. The maximum atomic E-state index is 12.9. The molecule has 29 heavy (non-hydrogen) atoms. The number of aryl methyl sites for hydroxylation is 1. The number of carbonyl (C=O) groups excluding carboxylic acids is 2. The molecule has 0 saturated heterocycles. The third kappa shape index (κ3) is 4.60. The zero-order valence-corrected chi connectivity index (χ0v) is 17.9. The molecule has 0 atom stereocenters. The van der Waals surface area contributed by atoms with Gasteiger partial charge in [0.1, 0.15) is 10.8 Å². The van der Waals surface area contributed by atoms with E-state index >= 15 is 0 Å². The Morgan fingerprint density at radius 2 is 1.69 bits per heavy atom. The molecule has 2 amide bonds. The lowest BCUT2D eigenvalue weighted by Gasteiger charge is -2.25. The third-order valence-corrected chi connectivity index (χ3v) is 5.63. The lowest BCUT2D eigenvalue weighted by atomic mass is 10.0. The fraction of sp³-hybridized carbons (Fsp3) is 0.182. The van der Waals surface area contributed by atoms with Crippen molar-refractivity contribution in [2.75, 3.05) is 5.32 Å². The van der Waals surface area contributed by atoms with Gasteiger partial charge in [-0.2, -0.15) is 0 Å². The number of amides is 2. The van der Waals surface area contributed by atoms with Gasteiger partial charge in [0.15, 0.2) is 5.60 Å². The molecule has 1 aromatic heterocycles. The monoisotopic (exact) mass is 428 g/mol. The molecule has 5 nitrogen and oxygen atoms in total. The lowest BCUT2D eigenvalue weighted by molar-refractivity contribution is -0.128. The Morgan fingerprint density at radius 1 is 1.07 bits per heavy atom. The maximum Gasteiger partial charge on any atom is 0.268 e. The van der Waals surface area contributed by atoms with Crippen molar-refractivity contribution >= 4 is 39.8 Å². The first-order chi connectivity index (χ1) is 13.7. The van der Waals surface area contributed by atoms with E-state index in [1.165, 1.54) is 11.3 Å². The van der Waals surface area contributed by atoms with Crippen LogP contribution in [0.3, 0.4) is 0 Å². The molecule has 150 valence electrons. The van der Waals surface area contributed by atoms with Crippen molar-refractivity contribution in [3.8, 4) is 16.9 Å². The fourth-order valence-electron chi connectivity index (χ4n) is 2.92. The Morgan fingerprint density at radius 3 is 2.28 bits per heavy atom. The van der Waals surface area contributed by atoms with Gasteiger partial charge in [0, 0.05) is 15.5 Å². The Hall–Kier alpha value is -2.83. The van der Waals surface area contributed by atoms with Crippen molar-refractivity contribution in [1.82, 2.24) is 0 Å². The molecule has 0 saturated carbocycles. The van der Waals surface area contributed by atoms with E-state index in [0.717, 1.165) is 16.0 Å². The number of primary amides is 1. The van der Waals surface area contributed by atoms with Gasteiger partial charge in [0.05, 0.1) is 5.56 Å². The van der Waals surface area contributed by atoms with Gasteiger partial charge in [-0.05, 0) is 50.6 Å². The van der Waals surface area contributed by atoms with Gasteiger partial charge in [-0.25, -0.2) is 0 Å². The summed E-state index contributed by atoms with van der Waals surface area (Å²) < 4.78 is 5.83. The van der Waals surface area contributed by atoms with Crippen molar-refractivity contribution < 1.29 is 14.3 Å². The van der Waals surface area contributed by atoms with Crippen molar-refractivity contribution in [2.45, 2.75) is 26.4 Å². The Kier molecular flexibility index (Phi) is 5.96. The second kappa shape index (κ2) is 8.27. The van der Waals surface area contributed by atoms with Crippen LogP contribution in [0, 0.1) is 6.92 Å². The second-order valence-electron chi connectivity index (χ2n) is 6.99. The van der Waals surface area contributed by atoms with E-state index in [1.807, 2.05) is 37.3 Å². The predicted molar refractivity (Wildman–Crippen MR) is 118 cm³/mol. The summed E-state index contributed by atoms with van der Waals surface area (Å²) in [6.45, 7) is 5.20. The number of nitrogens with two attached hydrogens (primary N) is 1. The highest BCUT2D eigenvalue weighted by atomic mass is 35.5. The van der Waals surface area contributed by atoms with Crippen LogP contribution in [0.2, 0.25) is 5.02 Å². The highest BCUT2D eigenvalue weighted by Crippen LogP contribution is 2.40. The van der Waals surface area contributed by atoms with E-state index in [9.17, 15) is 9.59 Å². The minimum absolute atomic E-state index is 0.300. The fourth-order valence-corrected chi connectivity index (χ4v) is 4.12. The van der Waals surface area contributed by atoms with Crippen LogP contribution in [0.5, 0.6) is 5.75 Å². The van der Waals surface area contributed by atoms with Crippen LogP contribution in [0.25, 0.3) is 11.1 Å². The van der Waals surface area contributed by atoms with E-state index < -0.39 is 17.4 Å². The molecule has 1 heterocycles. The lowest BCUT2D eigenvalue weighted by Crippen LogP contribution is -2.42. The van der Waals surface area contributed by atoms with Crippen molar-refractivity contribution in [1.29, 1.82) is 0 Å². The SMILES string of the molecule is Cc1sc(NC(=O)C(C)(C)Oc2ccc(Cl)cc2)c(C(N)=O)c1-c1ccccc1. The minimum Gasteiger partial charge on any atom is -0.478 e. The van der Waals surface area contributed by atoms with E-state index in [4.69, 9.17) is 22.1 Å². The molecule has 3 N–H and O–H groups in total. The first-order valence-corrected chi connectivity index (χ1v) is 10.1. The molecule has 0 unspecified atom stereocenters. The highest BCUT2D eigenvalue weighted by molar-refractivity contribution is 7.17. The number of anilines is 1. The summed E-state index contributed by atoms with van der Waals surface area (Å²) >= 11 is 7.20. The molecule has 0 bridgehead atoms. The van der Waals surface area contributed by atoms with Gasteiger partial charge in [-0.15, -0.1) is 11.3 Å². The average Bonchev–Trinajstić information content (AvgIpc) is 3.00. The molecule has 0 fully saturated rings. The largest absolute Gasteiger partial charge is 0.478 e. The smallest absolute Gasteiger partial charge is 0.268 e. The second-order valence-corrected chi connectivity index (χ2v) is 8.65. The zero-order chi connectivity index (χ0) is 21.2. The molecule has 0 spiro atoms. The van der Waals surface area contributed by atoms with Crippen LogP contribution in [-0.2, 0) is 4.79 Å². The Labute approximate surface area is 178 Å². The van der Waals surface area contributed by atoms with Gasteiger partial charge in [0.2, 0.25) is 0 Å². The highest BCUT2D eigenvalue weighted by Gasteiger charge is 2.32. The first-order valence-electron chi connectivity index (χ1n) is 8.93. The number of ether oxygens (including phenoxy) is 1. The Balaban J connectivity index is 1.90. The van der Waals surface area contributed by atoms with Gasteiger partial charge in [-0.1, -0.05) is 41.9 Å². The molecule has 3 aromatic rings. The number of rotatable bonds is 6. The van der Waals surface area contributed by atoms with E-state index in [-0.39, 0.29) is 0 Å². The quantitative estimate of drug-likeness (QED) is 0.561. The summed E-state index contributed by atoms with van der Waals surface area (Å²) in [5.41, 5.74) is 6.37. The van der Waals surface area contributed by atoms with Crippen LogP contribution in [0.4, 0.5) is 5.00 Å². The molecule has 2 aromatic carbocycles. The summed E-state index contributed by atoms with van der Waals surface area (Å²) in [5, 5.41) is 3.81. The van der Waals surface area contributed by atoms with Crippen LogP contribution in [0.15, 0.2) is 54.6 Å². The molecule has 0 aliphatic carbocycles. The van der Waals surface area contributed by atoms with Gasteiger partial charge < -0.3 is 15.8 Å². The van der Waals surface area contributed by atoms with Gasteiger partial charge in [-0.3, -0.25) is 9.59 Å². The first kappa shape index (κ1) is 20.9. The molecular weight excluding hydrogens is 408 g/mol. The summed E-state index contributed by atoms with van der Waals surface area (Å²) in [7, 11) is 0. The number of hydrogen-bond donors (Lipinski definition) is 2. The molecule has 3 rings (SSSR count). The van der Waals surface area contributed by atoms with Gasteiger partial charge in [0.25, 0.3) is 11.8 Å². The third-order valence-electron chi connectivity index (χ3n) is 4.35. The standard InChI is InChI=1S/C22H21ClN2O3S/c1-13-17(14-7-5-4-6-8-14)18(19(24)26)20(29-13)25-21(27)22(2,3)28-16-11-9-15(23)10-12-16/h4-12H,1-3H3,(H2,24,26)(H,25,27). The normalized spacial score (nSPS) is 11.2. The molecular formula is C22H21ClN2O3S. The van der Waals surface area contributed by atoms with E-state index in [2.05, 4.69) is 5.32 Å². The number of thiophene rings is 1. The van der Waals surface area contributed by atoms with Crippen LogP contribution < -0.4 is 15.8 Å². The molecule has 0 aliphatic rings. The molecule has 0 radical (unpaired) electrons. The van der Waals surface area contributed by atoms with Gasteiger partial charge >= 0.3 is 0 Å². The van der Waals surface area contributed by atoms with Crippen molar-refractivity contribution in [3.63, 3.8) is 0 Å². The number of hydrogen-bond acceptors (Lipinski definition) is 4. The number of benzene rings is 2. The number of carbonyl (C=O) groups is 2. The topological polar surface area (TPSA) is 81.4 Å². The van der Waals surface area contributed by atoms with Crippen LogP contribution >= 0.6 is 22.9 Å². The summed E-state index contributed by atoms with van der Waals surface area (Å²) in [4.78, 5) is 26.0. The van der Waals surface area contributed by atoms with E-state index in [0.29, 0.717) is 21.3 Å². The number of halogens is 1. The van der Waals surface area contributed by atoms with Crippen molar-refractivity contribution in [2.24, 2.45) is 5.73 Å². The zero-order valence-electron chi connectivity index (χ0n) is 16.3. The summed E-state index contributed by atoms with van der Waals surface area (Å²) in [6.07, 6.45) is 0. The predicted octanol–water partition coefficient (Wildman–Crippen LogP) is 5.27. The van der Waals surface area contributed by atoms with Crippen LogP contribution in [-0.4, -0.2) is 17.4 Å². The average molecular weight is 429 g/mol. The van der Waals surface area contributed by atoms with Crippen molar-refractivity contribution in [3.05, 3.63) is 70.1 Å².